The lowest BCUT2D eigenvalue weighted by molar-refractivity contribution is 0.179. The predicted octanol–water partition coefficient (Wildman–Crippen LogP) is 6.02. The summed E-state index contributed by atoms with van der Waals surface area (Å²) in [5.41, 5.74) is 5.61. The highest BCUT2D eigenvalue weighted by Crippen LogP contribution is 2.28. The molecule has 0 aliphatic rings. The lowest BCUT2D eigenvalue weighted by Gasteiger charge is -2.24. The Morgan fingerprint density at radius 2 is 1.70 bits per heavy atom. The van der Waals surface area contributed by atoms with Crippen molar-refractivity contribution in [1.29, 1.82) is 0 Å². The number of benzene rings is 3. The molecule has 5 aromatic rings. The van der Waals surface area contributed by atoms with Crippen LogP contribution in [0.1, 0.15) is 22.4 Å². The molecule has 0 N–H and O–H groups in total. The van der Waals surface area contributed by atoms with E-state index >= 15 is 0 Å². The molecule has 6 nitrogen and oxygen atoms in total. The summed E-state index contributed by atoms with van der Waals surface area (Å²) in [6, 6.07) is 18.5. The topological polar surface area (TPSA) is 63.9 Å². The molecule has 0 saturated carbocycles. The van der Waals surface area contributed by atoms with Gasteiger partial charge >= 0.3 is 0 Å². The van der Waals surface area contributed by atoms with Gasteiger partial charge in [-0.15, -0.1) is 11.3 Å². The molecule has 37 heavy (non-hydrogen) atoms. The molecule has 0 atom stereocenters. The van der Waals surface area contributed by atoms with E-state index in [1.807, 2.05) is 51.2 Å². The van der Waals surface area contributed by atoms with Crippen LogP contribution in [0.15, 0.2) is 71.1 Å². The zero-order chi connectivity index (χ0) is 26.2. The van der Waals surface area contributed by atoms with Crippen molar-refractivity contribution >= 4 is 37.1 Å². The van der Waals surface area contributed by atoms with Gasteiger partial charge in [0, 0.05) is 49.5 Å². The number of methoxy groups -OCH3 is 1. The van der Waals surface area contributed by atoms with Gasteiger partial charge < -0.3 is 4.74 Å². The molecule has 0 fully saturated rings. The van der Waals surface area contributed by atoms with Crippen LogP contribution in [0.5, 0.6) is 0 Å². The average molecular weight is 534 g/mol. The van der Waals surface area contributed by atoms with Crippen molar-refractivity contribution in [2.24, 2.45) is 0 Å². The number of ether oxygens (including phenoxy) is 1. The Morgan fingerprint density at radius 1 is 0.973 bits per heavy atom. The van der Waals surface area contributed by atoms with E-state index in [2.05, 4.69) is 40.1 Å². The van der Waals surface area contributed by atoms with Gasteiger partial charge in [-0.3, -0.25) is 4.40 Å². The van der Waals surface area contributed by atoms with Gasteiger partial charge in [-0.2, -0.15) is 4.31 Å². The fraction of sp³-hybridized carbons (Fsp3) is 0.276. The van der Waals surface area contributed by atoms with E-state index in [1.54, 1.807) is 22.8 Å². The molecule has 2 heterocycles. The third-order valence-corrected chi connectivity index (χ3v) is 9.79. The maximum absolute atomic E-state index is 13.8. The van der Waals surface area contributed by atoms with E-state index < -0.39 is 10.0 Å². The summed E-state index contributed by atoms with van der Waals surface area (Å²) in [7, 11) is -2.09. The smallest absolute Gasteiger partial charge is 0.243 e. The molecule has 0 saturated heterocycles. The monoisotopic (exact) mass is 533 g/mol. The van der Waals surface area contributed by atoms with Crippen molar-refractivity contribution in [2.45, 2.75) is 32.1 Å². The van der Waals surface area contributed by atoms with Gasteiger partial charge in [-0.05, 0) is 48.7 Å². The zero-order valence-corrected chi connectivity index (χ0v) is 23.2. The Labute approximate surface area is 222 Å². The molecule has 0 unspecified atom stereocenters. The summed E-state index contributed by atoms with van der Waals surface area (Å²) < 4.78 is 36.4. The minimum Gasteiger partial charge on any atom is -0.383 e. The van der Waals surface area contributed by atoms with E-state index in [0.717, 1.165) is 38.6 Å². The van der Waals surface area contributed by atoms with Crippen LogP contribution >= 0.6 is 11.3 Å². The van der Waals surface area contributed by atoms with Crippen LogP contribution in [0, 0.1) is 20.8 Å². The molecule has 0 bridgehead atoms. The molecule has 0 radical (unpaired) electrons. The van der Waals surface area contributed by atoms with Crippen LogP contribution < -0.4 is 0 Å². The van der Waals surface area contributed by atoms with E-state index in [-0.39, 0.29) is 0 Å². The fourth-order valence-electron chi connectivity index (χ4n) is 4.98. The van der Waals surface area contributed by atoms with E-state index in [1.165, 1.54) is 10.8 Å². The van der Waals surface area contributed by atoms with Crippen LogP contribution in [-0.2, 0) is 21.2 Å². The van der Waals surface area contributed by atoms with Crippen molar-refractivity contribution in [2.75, 3.05) is 26.8 Å². The van der Waals surface area contributed by atoms with E-state index in [0.29, 0.717) is 31.0 Å². The number of aryl methyl sites for hydroxylation is 3. The van der Waals surface area contributed by atoms with Gasteiger partial charge in [0.2, 0.25) is 10.0 Å². The maximum Gasteiger partial charge on any atom is 0.243 e. The van der Waals surface area contributed by atoms with Crippen molar-refractivity contribution in [1.82, 2.24) is 13.7 Å². The number of fused-ring (bicyclic) bond motifs is 2. The number of hydrogen-bond acceptors (Lipinski definition) is 5. The molecule has 192 valence electrons. The Hall–Kier alpha value is -3.04. The minimum absolute atomic E-state index is 0.297. The first-order chi connectivity index (χ1) is 17.8. The van der Waals surface area contributed by atoms with Gasteiger partial charge in [0.25, 0.3) is 0 Å². The minimum atomic E-state index is -3.68. The van der Waals surface area contributed by atoms with Crippen LogP contribution in [0.3, 0.4) is 0 Å². The number of aromatic nitrogens is 2. The molecular weight excluding hydrogens is 502 g/mol. The lowest BCUT2D eigenvalue weighted by atomic mass is 10.1. The number of sulfonamides is 1. The van der Waals surface area contributed by atoms with Gasteiger partial charge in [-0.1, -0.05) is 54.1 Å². The Balaban J connectivity index is 1.42. The number of thiazole rings is 1. The first-order valence-electron chi connectivity index (χ1n) is 12.3. The normalized spacial score (nSPS) is 12.2. The number of hydrogen-bond donors (Lipinski definition) is 0. The average Bonchev–Trinajstić information content (AvgIpc) is 3.44. The largest absolute Gasteiger partial charge is 0.383 e. The van der Waals surface area contributed by atoms with Crippen LogP contribution in [0.25, 0.3) is 27.0 Å². The van der Waals surface area contributed by atoms with Crippen LogP contribution in [0.2, 0.25) is 0 Å². The molecule has 3 aromatic carbocycles. The first-order valence-corrected chi connectivity index (χ1v) is 14.6. The highest BCUT2D eigenvalue weighted by Gasteiger charge is 2.28. The van der Waals surface area contributed by atoms with Crippen molar-refractivity contribution in [3.05, 3.63) is 88.6 Å². The summed E-state index contributed by atoms with van der Waals surface area (Å²) in [5.74, 6) is 0. The third-order valence-electron chi connectivity index (χ3n) is 6.69. The number of nitrogens with zero attached hydrogens (tertiary/aromatic N) is 3. The van der Waals surface area contributed by atoms with Crippen molar-refractivity contribution < 1.29 is 13.2 Å². The predicted molar refractivity (Wildman–Crippen MR) is 151 cm³/mol. The molecular formula is C29H31N3O3S2. The summed E-state index contributed by atoms with van der Waals surface area (Å²) >= 11 is 1.57. The summed E-state index contributed by atoms with van der Waals surface area (Å²) in [6.07, 6.45) is 2.62. The quantitative estimate of drug-likeness (QED) is 0.232. The second kappa shape index (κ2) is 10.4. The number of imidazole rings is 1. The number of rotatable bonds is 9. The summed E-state index contributed by atoms with van der Waals surface area (Å²) in [5, 5.41) is 4.44. The molecule has 0 aliphatic carbocycles. The first kappa shape index (κ1) is 25.6. The SMILES string of the molecule is COCCN(CCc1csc2nc(-c3ccc4ccccc4c3)cn12)S(=O)(=O)c1c(C)cc(C)cc1C. The van der Waals surface area contributed by atoms with Gasteiger partial charge in [0.05, 0.1) is 17.2 Å². The Morgan fingerprint density at radius 3 is 2.43 bits per heavy atom. The maximum atomic E-state index is 13.8. The third kappa shape index (κ3) is 5.07. The fourth-order valence-corrected chi connectivity index (χ4v) is 7.73. The summed E-state index contributed by atoms with van der Waals surface area (Å²) in [4.78, 5) is 6.14. The molecule has 8 heteroatoms. The molecule has 0 amide bonds. The standard InChI is InChI=1S/C29H31N3O3S2/c1-20-15-21(2)28(22(3)16-20)37(33,34)31(13-14-35-4)12-11-26-19-36-29-30-27(18-32(26)29)25-10-9-23-7-5-6-8-24(23)17-25/h5-10,15-19H,11-14H2,1-4H3. The Kier molecular flexibility index (Phi) is 7.18. The highest BCUT2D eigenvalue weighted by atomic mass is 32.2. The van der Waals surface area contributed by atoms with E-state index in [9.17, 15) is 8.42 Å². The molecule has 0 spiro atoms. The Bertz CT molecular complexity index is 1660. The van der Waals surface area contributed by atoms with Crippen LogP contribution in [-0.4, -0.2) is 48.9 Å². The molecule has 2 aromatic heterocycles. The molecule has 0 aliphatic heterocycles. The van der Waals surface area contributed by atoms with Gasteiger partial charge in [0.15, 0.2) is 4.96 Å². The molecule has 5 rings (SSSR count). The van der Waals surface area contributed by atoms with Gasteiger partial charge in [0.1, 0.15) is 0 Å². The zero-order valence-electron chi connectivity index (χ0n) is 21.6. The second-order valence-corrected chi connectivity index (χ2v) is 12.2. The highest BCUT2D eigenvalue weighted by molar-refractivity contribution is 7.89. The van der Waals surface area contributed by atoms with Crippen LogP contribution in [0.4, 0.5) is 0 Å². The van der Waals surface area contributed by atoms with E-state index in [4.69, 9.17) is 9.72 Å². The lowest BCUT2D eigenvalue weighted by Crippen LogP contribution is -2.36. The summed E-state index contributed by atoms with van der Waals surface area (Å²) in [6.45, 7) is 6.70. The van der Waals surface area contributed by atoms with Gasteiger partial charge in [-0.25, -0.2) is 13.4 Å². The van der Waals surface area contributed by atoms with Crippen molar-refractivity contribution in [3.63, 3.8) is 0 Å². The van der Waals surface area contributed by atoms with Crippen molar-refractivity contribution in [3.8, 4) is 11.3 Å². The second-order valence-electron chi connectivity index (χ2n) is 9.44.